The average Bonchev–Trinajstić information content (AvgIpc) is 3.26. The molecule has 146 valence electrons. The minimum atomic E-state index is -0.947. The summed E-state index contributed by atoms with van der Waals surface area (Å²) < 4.78 is 5.22. The van der Waals surface area contributed by atoms with Crippen molar-refractivity contribution in [2.45, 2.75) is 37.8 Å². The molecule has 0 saturated carbocycles. The molecule has 2 atom stereocenters. The van der Waals surface area contributed by atoms with E-state index < -0.39 is 17.9 Å². The quantitative estimate of drug-likeness (QED) is 0.881. The molecular weight excluding hydrogens is 360 g/mol. The van der Waals surface area contributed by atoms with Crippen LogP contribution >= 0.6 is 0 Å². The van der Waals surface area contributed by atoms with Gasteiger partial charge in [0, 0.05) is 19.6 Å². The highest BCUT2D eigenvalue weighted by atomic mass is 16.4. The largest absolute Gasteiger partial charge is 0.481 e. The summed E-state index contributed by atoms with van der Waals surface area (Å²) in [6.45, 7) is 0.964. The fourth-order valence-corrected chi connectivity index (χ4v) is 4.17. The van der Waals surface area contributed by atoms with E-state index in [0.717, 1.165) is 24.0 Å². The van der Waals surface area contributed by atoms with E-state index in [2.05, 4.69) is 0 Å². The van der Waals surface area contributed by atoms with Gasteiger partial charge in [0.15, 0.2) is 5.76 Å². The normalized spacial score (nSPS) is 21.9. The van der Waals surface area contributed by atoms with Gasteiger partial charge in [-0.15, -0.1) is 0 Å². The van der Waals surface area contributed by atoms with Crippen molar-refractivity contribution in [1.29, 1.82) is 0 Å². The van der Waals surface area contributed by atoms with Crippen molar-refractivity contribution in [1.82, 2.24) is 9.80 Å². The number of fused-ring (bicyclic) bond motifs is 1. The van der Waals surface area contributed by atoms with Crippen LogP contribution in [0.15, 0.2) is 47.1 Å². The van der Waals surface area contributed by atoms with Crippen molar-refractivity contribution >= 4 is 17.8 Å². The standard InChI is InChI=1S/C21H22N2O5/c24-19(17-8-3-4-10-23(17)20(25)18-9-5-11-28-18)22-12-14-6-1-2-7-15(14)16(13-22)21(26)27/h1-2,5-7,9,11,16-17H,3-4,8,10,12-13H2,(H,26,27). The highest BCUT2D eigenvalue weighted by Gasteiger charge is 2.39. The molecule has 0 radical (unpaired) electrons. The Hall–Kier alpha value is -3.09. The maximum absolute atomic E-state index is 13.3. The number of carbonyl (C=O) groups is 3. The molecule has 7 heteroatoms. The number of carboxylic acid groups (broad SMARTS) is 1. The lowest BCUT2D eigenvalue weighted by molar-refractivity contribution is -0.143. The third-order valence-electron chi connectivity index (χ3n) is 5.59. The first kappa shape index (κ1) is 18.3. The Morgan fingerprint density at radius 3 is 2.64 bits per heavy atom. The molecule has 1 saturated heterocycles. The molecule has 28 heavy (non-hydrogen) atoms. The number of carboxylic acids is 1. The number of likely N-dealkylation sites (tertiary alicyclic amines) is 1. The highest BCUT2D eigenvalue weighted by molar-refractivity contribution is 5.96. The summed E-state index contributed by atoms with van der Waals surface area (Å²) in [7, 11) is 0. The van der Waals surface area contributed by atoms with E-state index in [-0.39, 0.29) is 24.1 Å². The van der Waals surface area contributed by atoms with Gasteiger partial charge in [0.1, 0.15) is 6.04 Å². The summed E-state index contributed by atoms with van der Waals surface area (Å²) in [4.78, 5) is 41.0. The predicted molar refractivity (Wildman–Crippen MR) is 99.6 cm³/mol. The van der Waals surface area contributed by atoms with Crippen molar-refractivity contribution in [3.8, 4) is 0 Å². The van der Waals surface area contributed by atoms with Gasteiger partial charge in [0.05, 0.1) is 12.2 Å². The predicted octanol–water partition coefficient (Wildman–Crippen LogP) is 2.48. The van der Waals surface area contributed by atoms with Crippen molar-refractivity contribution in [2.24, 2.45) is 0 Å². The lowest BCUT2D eigenvalue weighted by Crippen LogP contribution is -2.54. The molecule has 2 amide bonds. The number of rotatable bonds is 3. The molecule has 0 bridgehead atoms. The molecular formula is C21H22N2O5. The van der Waals surface area contributed by atoms with Gasteiger partial charge < -0.3 is 19.3 Å². The van der Waals surface area contributed by atoms with Crippen LogP contribution in [0, 0.1) is 0 Å². The van der Waals surface area contributed by atoms with Crippen molar-refractivity contribution in [2.75, 3.05) is 13.1 Å². The first-order valence-corrected chi connectivity index (χ1v) is 9.50. The van der Waals surface area contributed by atoms with Crippen LogP contribution in [-0.4, -0.2) is 51.8 Å². The number of piperidine rings is 1. The minimum Gasteiger partial charge on any atom is -0.481 e. The molecule has 1 aromatic carbocycles. The Bertz CT molecular complexity index is 892. The van der Waals surface area contributed by atoms with Crippen LogP contribution in [0.3, 0.4) is 0 Å². The number of benzene rings is 1. The van der Waals surface area contributed by atoms with Crippen molar-refractivity contribution in [3.63, 3.8) is 0 Å². The number of furan rings is 1. The van der Waals surface area contributed by atoms with Crippen LogP contribution < -0.4 is 0 Å². The van der Waals surface area contributed by atoms with Gasteiger partial charge in [-0.1, -0.05) is 24.3 Å². The van der Waals surface area contributed by atoms with Crippen LogP contribution in [0.25, 0.3) is 0 Å². The maximum atomic E-state index is 13.3. The summed E-state index contributed by atoms with van der Waals surface area (Å²) >= 11 is 0. The van der Waals surface area contributed by atoms with Gasteiger partial charge in [-0.05, 0) is 42.5 Å². The van der Waals surface area contributed by atoms with Crippen molar-refractivity contribution in [3.05, 3.63) is 59.5 Å². The zero-order valence-corrected chi connectivity index (χ0v) is 15.4. The Morgan fingerprint density at radius 2 is 1.89 bits per heavy atom. The van der Waals surface area contributed by atoms with Crippen LogP contribution in [-0.2, 0) is 16.1 Å². The Morgan fingerprint density at radius 1 is 1.07 bits per heavy atom. The Balaban J connectivity index is 1.59. The van der Waals surface area contributed by atoms with Gasteiger partial charge in [-0.3, -0.25) is 14.4 Å². The number of hydrogen-bond donors (Lipinski definition) is 1. The molecule has 2 aliphatic heterocycles. The minimum absolute atomic E-state index is 0.116. The van der Waals surface area contributed by atoms with E-state index in [4.69, 9.17) is 4.42 Å². The third kappa shape index (κ3) is 3.28. The second kappa shape index (κ2) is 7.50. The Labute approximate surface area is 162 Å². The molecule has 7 nitrogen and oxygen atoms in total. The van der Waals surface area contributed by atoms with E-state index in [0.29, 0.717) is 19.5 Å². The van der Waals surface area contributed by atoms with E-state index in [9.17, 15) is 19.5 Å². The summed E-state index contributed by atoms with van der Waals surface area (Å²) in [6, 6.07) is 9.98. The van der Waals surface area contributed by atoms with Gasteiger partial charge >= 0.3 is 5.97 Å². The molecule has 1 aromatic heterocycles. The van der Waals surface area contributed by atoms with Gasteiger partial charge in [0.25, 0.3) is 5.91 Å². The fraction of sp³-hybridized carbons (Fsp3) is 0.381. The number of carbonyl (C=O) groups excluding carboxylic acids is 2. The number of nitrogens with zero attached hydrogens (tertiary/aromatic N) is 2. The smallest absolute Gasteiger partial charge is 0.312 e. The van der Waals surface area contributed by atoms with Gasteiger partial charge in [-0.2, -0.15) is 0 Å². The highest BCUT2D eigenvalue weighted by Crippen LogP contribution is 2.30. The number of amides is 2. The first-order chi connectivity index (χ1) is 13.6. The van der Waals surface area contributed by atoms with E-state index >= 15 is 0 Å². The monoisotopic (exact) mass is 382 g/mol. The molecule has 2 aromatic rings. The number of hydrogen-bond acceptors (Lipinski definition) is 4. The summed E-state index contributed by atoms with van der Waals surface area (Å²) in [5.74, 6) is -1.98. The third-order valence-corrected chi connectivity index (χ3v) is 5.59. The van der Waals surface area contributed by atoms with Gasteiger partial charge in [0.2, 0.25) is 5.91 Å². The molecule has 1 fully saturated rings. The second-order valence-electron chi connectivity index (χ2n) is 7.30. The lowest BCUT2D eigenvalue weighted by atomic mass is 9.89. The topological polar surface area (TPSA) is 91.1 Å². The van der Waals surface area contributed by atoms with Crippen LogP contribution in [0.5, 0.6) is 0 Å². The second-order valence-corrected chi connectivity index (χ2v) is 7.30. The molecule has 0 spiro atoms. The molecule has 3 heterocycles. The zero-order chi connectivity index (χ0) is 19.7. The molecule has 2 unspecified atom stereocenters. The lowest BCUT2D eigenvalue weighted by Gasteiger charge is -2.40. The first-order valence-electron chi connectivity index (χ1n) is 9.50. The van der Waals surface area contributed by atoms with Crippen molar-refractivity contribution < 1.29 is 23.9 Å². The number of aliphatic carboxylic acids is 1. The van der Waals surface area contributed by atoms with Crippen LogP contribution in [0.2, 0.25) is 0 Å². The molecule has 4 rings (SSSR count). The molecule has 2 aliphatic rings. The fourth-order valence-electron chi connectivity index (χ4n) is 4.17. The maximum Gasteiger partial charge on any atom is 0.312 e. The summed E-state index contributed by atoms with van der Waals surface area (Å²) in [6.07, 6.45) is 3.69. The zero-order valence-electron chi connectivity index (χ0n) is 15.4. The summed E-state index contributed by atoms with van der Waals surface area (Å²) in [5, 5.41) is 9.65. The SMILES string of the molecule is O=C(O)C1CN(C(=O)C2CCCCN2C(=O)c2ccco2)Cc2ccccc21. The van der Waals surface area contributed by atoms with E-state index in [1.54, 1.807) is 21.9 Å². The van der Waals surface area contributed by atoms with E-state index in [1.807, 2.05) is 24.3 Å². The average molecular weight is 382 g/mol. The van der Waals surface area contributed by atoms with Crippen LogP contribution in [0.1, 0.15) is 46.9 Å². The van der Waals surface area contributed by atoms with Gasteiger partial charge in [-0.25, -0.2) is 0 Å². The van der Waals surface area contributed by atoms with E-state index in [1.165, 1.54) is 6.26 Å². The van der Waals surface area contributed by atoms with Crippen LogP contribution in [0.4, 0.5) is 0 Å². The molecule has 0 aliphatic carbocycles. The Kier molecular flexibility index (Phi) is 4.90. The molecule has 1 N–H and O–H groups in total. The summed E-state index contributed by atoms with van der Waals surface area (Å²) in [5.41, 5.74) is 1.60.